The third-order valence-corrected chi connectivity index (χ3v) is 4.28. The normalized spacial score (nSPS) is 12.1. The SMILES string of the molecule is CCC(CSC)N(C)c1cc(C)c(N)c(C(=O)OC)c1. The van der Waals surface area contributed by atoms with E-state index in [1.54, 1.807) is 0 Å². The molecule has 2 N–H and O–H groups in total. The molecule has 0 aliphatic rings. The van der Waals surface area contributed by atoms with Crippen LogP contribution in [0.4, 0.5) is 11.4 Å². The van der Waals surface area contributed by atoms with Crippen LogP contribution in [0.15, 0.2) is 12.1 Å². The van der Waals surface area contributed by atoms with Gasteiger partial charge in [0.05, 0.1) is 12.7 Å². The number of aryl methyl sites for hydroxylation is 1. The van der Waals surface area contributed by atoms with Crippen LogP contribution >= 0.6 is 11.8 Å². The van der Waals surface area contributed by atoms with Crippen molar-refractivity contribution in [2.24, 2.45) is 0 Å². The monoisotopic (exact) mass is 296 g/mol. The molecule has 0 saturated carbocycles. The number of carbonyl (C=O) groups is 1. The number of nitrogens with two attached hydrogens (primary N) is 1. The molecule has 0 radical (unpaired) electrons. The Morgan fingerprint density at radius 1 is 1.50 bits per heavy atom. The summed E-state index contributed by atoms with van der Waals surface area (Å²) in [6.45, 7) is 4.08. The molecule has 1 rings (SSSR count). The summed E-state index contributed by atoms with van der Waals surface area (Å²) in [6.07, 6.45) is 3.15. The molecule has 0 amide bonds. The summed E-state index contributed by atoms with van der Waals surface area (Å²) in [4.78, 5) is 14.0. The number of ether oxygens (including phenoxy) is 1. The number of nitrogen functional groups attached to an aromatic ring is 1. The molecule has 112 valence electrons. The van der Waals surface area contributed by atoms with Gasteiger partial charge in [0.1, 0.15) is 0 Å². The van der Waals surface area contributed by atoms with Crippen LogP contribution in [-0.2, 0) is 4.74 Å². The minimum atomic E-state index is -0.390. The van der Waals surface area contributed by atoms with Crippen LogP contribution in [0.5, 0.6) is 0 Å². The molecule has 1 aromatic rings. The third-order valence-electron chi connectivity index (χ3n) is 3.56. The lowest BCUT2D eigenvalue weighted by Gasteiger charge is -2.29. The maximum atomic E-state index is 11.8. The van der Waals surface area contributed by atoms with Gasteiger partial charge < -0.3 is 15.4 Å². The van der Waals surface area contributed by atoms with Gasteiger partial charge in [-0.15, -0.1) is 0 Å². The lowest BCUT2D eigenvalue weighted by molar-refractivity contribution is 0.0602. The van der Waals surface area contributed by atoms with Crippen molar-refractivity contribution in [2.45, 2.75) is 26.3 Å². The number of carbonyl (C=O) groups excluding carboxylic acids is 1. The summed E-state index contributed by atoms with van der Waals surface area (Å²) in [6, 6.07) is 4.26. The summed E-state index contributed by atoms with van der Waals surface area (Å²) in [5.41, 5.74) is 8.80. The standard InChI is InChI=1S/C15H24N2O2S/c1-6-11(9-20-5)17(3)12-7-10(2)14(16)13(8-12)15(18)19-4/h7-8,11H,6,9,16H2,1-5H3. The van der Waals surface area contributed by atoms with E-state index < -0.39 is 5.97 Å². The number of nitrogens with zero attached hydrogens (tertiary/aromatic N) is 1. The number of thioether (sulfide) groups is 1. The Labute approximate surface area is 125 Å². The Bertz CT molecular complexity index is 477. The first kappa shape index (κ1) is 16.7. The fourth-order valence-corrected chi connectivity index (χ4v) is 3.01. The molecule has 0 heterocycles. The van der Waals surface area contributed by atoms with Crippen LogP contribution in [0.3, 0.4) is 0 Å². The van der Waals surface area contributed by atoms with Gasteiger partial charge in [0.15, 0.2) is 0 Å². The maximum Gasteiger partial charge on any atom is 0.340 e. The molecule has 20 heavy (non-hydrogen) atoms. The van der Waals surface area contributed by atoms with E-state index in [2.05, 4.69) is 25.1 Å². The number of anilines is 2. The van der Waals surface area contributed by atoms with Crippen LogP contribution in [-0.4, -0.2) is 38.2 Å². The molecular formula is C15H24N2O2S. The van der Waals surface area contributed by atoms with Gasteiger partial charge in [-0.05, 0) is 37.3 Å². The highest BCUT2D eigenvalue weighted by molar-refractivity contribution is 7.98. The number of rotatable bonds is 6. The summed E-state index contributed by atoms with van der Waals surface area (Å²) >= 11 is 1.82. The highest BCUT2D eigenvalue weighted by atomic mass is 32.2. The highest BCUT2D eigenvalue weighted by Crippen LogP contribution is 2.27. The molecule has 0 saturated heterocycles. The molecule has 0 fully saturated rings. The number of esters is 1. The van der Waals surface area contributed by atoms with Crippen molar-refractivity contribution in [3.8, 4) is 0 Å². The van der Waals surface area contributed by atoms with E-state index in [1.165, 1.54) is 7.11 Å². The first-order valence-electron chi connectivity index (χ1n) is 6.66. The molecule has 1 aromatic carbocycles. The first-order chi connectivity index (χ1) is 9.46. The minimum absolute atomic E-state index is 0.390. The molecule has 0 aromatic heterocycles. The molecule has 0 aliphatic heterocycles. The highest BCUT2D eigenvalue weighted by Gasteiger charge is 2.18. The van der Waals surface area contributed by atoms with Crippen LogP contribution < -0.4 is 10.6 Å². The minimum Gasteiger partial charge on any atom is -0.465 e. The van der Waals surface area contributed by atoms with Crippen molar-refractivity contribution < 1.29 is 9.53 Å². The van der Waals surface area contributed by atoms with E-state index in [9.17, 15) is 4.79 Å². The number of hydrogen-bond acceptors (Lipinski definition) is 5. The quantitative estimate of drug-likeness (QED) is 0.646. The molecule has 1 unspecified atom stereocenters. The van der Waals surface area contributed by atoms with Gasteiger partial charge in [0, 0.05) is 30.2 Å². The van der Waals surface area contributed by atoms with Gasteiger partial charge in [-0.3, -0.25) is 0 Å². The number of hydrogen-bond donors (Lipinski definition) is 1. The zero-order chi connectivity index (χ0) is 15.3. The topological polar surface area (TPSA) is 55.6 Å². The lowest BCUT2D eigenvalue weighted by atomic mass is 10.1. The molecule has 1 atom stereocenters. The largest absolute Gasteiger partial charge is 0.465 e. The second-order valence-corrected chi connectivity index (χ2v) is 5.75. The molecule has 0 spiro atoms. The molecule has 5 heteroatoms. The van der Waals surface area contributed by atoms with Crippen molar-refractivity contribution in [3.05, 3.63) is 23.3 Å². The average Bonchev–Trinajstić information content (AvgIpc) is 2.45. The van der Waals surface area contributed by atoms with E-state index in [-0.39, 0.29) is 0 Å². The van der Waals surface area contributed by atoms with Crippen LogP contribution in [0, 0.1) is 6.92 Å². The third kappa shape index (κ3) is 3.60. The second kappa shape index (κ2) is 7.43. The summed E-state index contributed by atoms with van der Waals surface area (Å²) < 4.78 is 4.80. The van der Waals surface area contributed by atoms with Crippen molar-refractivity contribution in [1.82, 2.24) is 0 Å². The van der Waals surface area contributed by atoms with E-state index >= 15 is 0 Å². The van der Waals surface area contributed by atoms with Crippen LogP contribution in [0.25, 0.3) is 0 Å². The Morgan fingerprint density at radius 3 is 2.65 bits per heavy atom. The van der Waals surface area contributed by atoms with Crippen molar-refractivity contribution >= 4 is 29.1 Å². The lowest BCUT2D eigenvalue weighted by Crippen LogP contribution is -2.33. The smallest absolute Gasteiger partial charge is 0.340 e. The van der Waals surface area contributed by atoms with Crippen molar-refractivity contribution in [3.63, 3.8) is 0 Å². The fraction of sp³-hybridized carbons (Fsp3) is 0.533. The molecular weight excluding hydrogens is 272 g/mol. The van der Waals surface area contributed by atoms with Gasteiger partial charge in [-0.2, -0.15) is 11.8 Å². The average molecular weight is 296 g/mol. The molecule has 4 nitrogen and oxygen atoms in total. The Morgan fingerprint density at radius 2 is 2.15 bits per heavy atom. The Balaban J connectivity index is 3.18. The zero-order valence-corrected chi connectivity index (χ0v) is 13.7. The van der Waals surface area contributed by atoms with Gasteiger partial charge in [-0.1, -0.05) is 6.92 Å². The summed E-state index contributed by atoms with van der Waals surface area (Å²) in [7, 11) is 3.42. The van der Waals surface area contributed by atoms with Gasteiger partial charge in [0.25, 0.3) is 0 Å². The van der Waals surface area contributed by atoms with Gasteiger partial charge in [-0.25, -0.2) is 4.79 Å². The summed E-state index contributed by atoms with van der Waals surface area (Å²) in [5.74, 6) is 0.656. The Kier molecular flexibility index (Phi) is 6.20. The van der Waals surface area contributed by atoms with Gasteiger partial charge in [0.2, 0.25) is 0 Å². The van der Waals surface area contributed by atoms with Gasteiger partial charge >= 0.3 is 5.97 Å². The fourth-order valence-electron chi connectivity index (χ4n) is 2.17. The predicted octanol–water partition coefficient (Wildman–Crippen LogP) is 2.94. The van der Waals surface area contributed by atoms with Crippen LogP contribution in [0.1, 0.15) is 29.3 Å². The molecule has 0 bridgehead atoms. The van der Waals surface area contributed by atoms with E-state index in [0.717, 1.165) is 23.4 Å². The Hall–Kier alpha value is -1.36. The van der Waals surface area contributed by atoms with Crippen LogP contribution in [0.2, 0.25) is 0 Å². The van der Waals surface area contributed by atoms with Crippen molar-refractivity contribution in [2.75, 3.05) is 36.8 Å². The number of benzene rings is 1. The predicted molar refractivity (Wildman–Crippen MR) is 87.8 cm³/mol. The zero-order valence-electron chi connectivity index (χ0n) is 12.9. The van der Waals surface area contributed by atoms with Crippen molar-refractivity contribution in [1.29, 1.82) is 0 Å². The molecule has 0 aliphatic carbocycles. The summed E-state index contributed by atoms with van der Waals surface area (Å²) in [5, 5.41) is 0. The van der Waals surface area contributed by atoms with E-state index in [0.29, 0.717) is 17.3 Å². The maximum absolute atomic E-state index is 11.8. The van der Waals surface area contributed by atoms with E-state index in [4.69, 9.17) is 10.5 Å². The first-order valence-corrected chi connectivity index (χ1v) is 8.05. The second-order valence-electron chi connectivity index (χ2n) is 4.84. The number of methoxy groups -OCH3 is 1. The van der Waals surface area contributed by atoms with E-state index in [1.807, 2.05) is 30.8 Å².